The number of aromatic nitrogens is 3. The van der Waals surface area contributed by atoms with Crippen molar-refractivity contribution in [3.63, 3.8) is 0 Å². The van der Waals surface area contributed by atoms with Crippen molar-refractivity contribution in [2.24, 2.45) is 0 Å². The summed E-state index contributed by atoms with van der Waals surface area (Å²) in [6.07, 6.45) is 0. The molecule has 0 radical (unpaired) electrons. The maximum absolute atomic E-state index is 6.16. The first-order valence-corrected chi connectivity index (χ1v) is 5.66. The molecule has 0 aliphatic carbocycles. The molecule has 1 aromatic heterocycles. The van der Waals surface area contributed by atoms with Gasteiger partial charge in [-0.3, -0.25) is 0 Å². The minimum atomic E-state index is 0.367. The Morgan fingerprint density at radius 2 is 1.94 bits per heavy atom. The van der Waals surface area contributed by atoms with E-state index >= 15 is 0 Å². The highest BCUT2D eigenvalue weighted by Gasteiger charge is 2.15. The smallest absolute Gasteiger partial charge is 0.0853 e. The summed E-state index contributed by atoms with van der Waals surface area (Å²) in [4.78, 5) is 0. The van der Waals surface area contributed by atoms with Crippen LogP contribution < -0.4 is 0 Å². The summed E-state index contributed by atoms with van der Waals surface area (Å²) in [7, 11) is 0. The molecule has 16 heavy (non-hydrogen) atoms. The average molecular weight is 236 g/mol. The molecule has 2 rings (SSSR count). The Kier molecular flexibility index (Phi) is 2.97. The van der Waals surface area contributed by atoms with Crippen molar-refractivity contribution in [2.75, 3.05) is 0 Å². The maximum Gasteiger partial charge on any atom is 0.0853 e. The second kappa shape index (κ2) is 4.26. The van der Waals surface area contributed by atoms with Gasteiger partial charge in [0.25, 0.3) is 0 Å². The van der Waals surface area contributed by atoms with Crippen LogP contribution in [0.25, 0.3) is 5.69 Å². The van der Waals surface area contributed by atoms with Crippen molar-refractivity contribution in [1.29, 1.82) is 0 Å². The predicted molar refractivity (Wildman–Crippen MR) is 65.2 cm³/mol. The third kappa shape index (κ3) is 1.83. The molecule has 0 aliphatic rings. The summed E-state index contributed by atoms with van der Waals surface area (Å²) in [5.74, 6) is 0.367. The highest BCUT2D eigenvalue weighted by Crippen LogP contribution is 2.25. The third-order valence-corrected chi connectivity index (χ3v) is 2.83. The van der Waals surface area contributed by atoms with Crippen LogP contribution in [-0.2, 0) is 0 Å². The van der Waals surface area contributed by atoms with Crippen LogP contribution in [0, 0.1) is 6.92 Å². The van der Waals surface area contributed by atoms with Crippen LogP contribution in [0.3, 0.4) is 0 Å². The molecular weight excluding hydrogens is 222 g/mol. The van der Waals surface area contributed by atoms with Crippen molar-refractivity contribution in [3.8, 4) is 5.69 Å². The molecule has 1 heterocycles. The molecule has 4 heteroatoms. The van der Waals surface area contributed by atoms with Gasteiger partial charge in [0, 0.05) is 0 Å². The van der Waals surface area contributed by atoms with Crippen LogP contribution in [0.4, 0.5) is 0 Å². The van der Waals surface area contributed by atoms with Crippen LogP contribution in [-0.4, -0.2) is 15.0 Å². The summed E-state index contributed by atoms with van der Waals surface area (Å²) in [6.45, 7) is 6.22. The van der Waals surface area contributed by atoms with Gasteiger partial charge in [-0.2, -0.15) is 0 Å². The van der Waals surface area contributed by atoms with Crippen LogP contribution in [0.2, 0.25) is 5.02 Å². The summed E-state index contributed by atoms with van der Waals surface area (Å²) >= 11 is 6.16. The zero-order valence-electron chi connectivity index (χ0n) is 9.61. The number of rotatable bonds is 2. The number of para-hydroxylation sites is 1. The number of hydrogen-bond acceptors (Lipinski definition) is 2. The van der Waals surface area contributed by atoms with Crippen molar-refractivity contribution in [2.45, 2.75) is 26.7 Å². The molecule has 1 aromatic carbocycles. The van der Waals surface area contributed by atoms with Gasteiger partial charge >= 0.3 is 0 Å². The van der Waals surface area contributed by atoms with E-state index in [1.807, 2.05) is 35.9 Å². The van der Waals surface area contributed by atoms with E-state index in [-0.39, 0.29) is 0 Å². The monoisotopic (exact) mass is 235 g/mol. The van der Waals surface area contributed by atoms with E-state index in [4.69, 9.17) is 11.6 Å². The van der Waals surface area contributed by atoms with Crippen molar-refractivity contribution >= 4 is 11.6 Å². The molecule has 0 atom stereocenters. The van der Waals surface area contributed by atoms with E-state index < -0.39 is 0 Å². The average Bonchev–Trinajstić information content (AvgIpc) is 2.61. The van der Waals surface area contributed by atoms with Gasteiger partial charge in [0.1, 0.15) is 0 Å². The zero-order chi connectivity index (χ0) is 11.7. The molecule has 0 saturated heterocycles. The van der Waals surface area contributed by atoms with Crippen LogP contribution >= 0.6 is 11.6 Å². The van der Waals surface area contributed by atoms with Crippen LogP contribution in [0.15, 0.2) is 24.3 Å². The number of hydrogen-bond donors (Lipinski definition) is 0. The molecule has 0 unspecified atom stereocenters. The van der Waals surface area contributed by atoms with Gasteiger partial charge in [0.05, 0.1) is 22.1 Å². The Labute approximate surface area is 100 Å². The molecule has 0 amide bonds. The van der Waals surface area contributed by atoms with Crippen LogP contribution in [0.5, 0.6) is 0 Å². The van der Waals surface area contributed by atoms with Crippen molar-refractivity contribution in [3.05, 3.63) is 40.7 Å². The lowest BCUT2D eigenvalue weighted by Gasteiger charge is -2.10. The van der Waals surface area contributed by atoms with Gasteiger partial charge in [-0.1, -0.05) is 42.8 Å². The number of halogens is 1. The lowest BCUT2D eigenvalue weighted by molar-refractivity contribution is 0.715. The molecule has 84 valence electrons. The Hall–Kier alpha value is -1.35. The standard InChI is InChI=1S/C12H14ClN3/c1-8(2)12-9(3)14-15-16(12)11-7-5-4-6-10(11)13/h4-8H,1-3H3. The molecule has 0 N–H and O–H groups in total. The largest absolute Gasteiger partial charge is 0.216 e. The van der Waals surface area contributed by atoms with E-state index in [2.05, 4.69) is 24.2 Å². The van der Waals surface area contributed by atoms with Crippen LogP contribution in [0.1, 0.15) is 31.2 Å². The first-order chi connectivity index (χ1) is 7.61. The van der Waals surface area contributed by atoms with Crippen molar-refractivity contribution in [1.82, 2.24) is 15.0 Å². The predicted octanol–water partition coefficient (Wildman–Crippen LogP) is 3.35. The van der Waals surface area contributed by atoms with Gasteiger partial charge in [-0.25, -0.2) is 4.68 Å². The molecule has 0 fully saturated rings. The number of nitrogens with zero attached hydrogens (tertiary/aromatic N) is 3. The fourth-order valence-corrected chi connectivity index (χ4v) is 2.04. The number of benzene rings is 1. The Bertz CT molecular complexity index is 503. The Morgan fingerprint density at radius 3 is 2.56 bits per heavy atom. The topological polar surface area (TPSA) is 30.7 Å². The second-order valence-electron chi connectivity index (χ2n) is 4.08. The molecule has 0 saturated carbocycles. The fourth-order valence-electron chi connectivity index (χ4n) is 1.83. The minimum Gasteiger partial charge on any atom is -0.216 e. The molecule has 3 nitrogen and oxygen atoms in total. The lowest BCUT2D eigenvalue weighted by atomic mass is 10.1. The summed E-state index contributed by atoms with van der Waals surface area (Å²) < 4.78 is 1.82. The maximum atomic E-state index is 6.16. The highest BCUT2D eigenvalue weighted by atomic mass is 35.5. The van der Waals surface area contributed by atoms with E-state index in [0.717, 1.165) is 17.1 Å². The number of aryl methyl sites for hydroxylation is 1. The minimum absolute atomic E-state index is 0.367. The first-order valence-electron chi connectivity index (χ1n) is 5.28. The fraction of sp³-hybridized carbons (Fsp3) is 0.333. The van der Waals surface area contributed by atoms with Gasteiger partial charge in [-0.05, 0) is 25.0 Å². The van der Waals surface area contributed by atoms with E-state index in [0.29, 0.717) is 10.9 Å². The Morgan fingerprint density at radius 1 is 1.25 bits per heavy atom. The van der Waals surface area contributed by atoms with Gasteiger partial charge in [0.15, 0.2) is 0 Å². The second-order valence-corrected chi connectivity index (χ2v) is 4.49. The molecule has 0 spiro atoms. The molecule has 0 bridgehead atoms. The summed E-state index contributed by atoms with van der Waals surface area (Å²) in [6, 6.07) is 7.66. The lowest BCUT2D eigenvalue weighted by Crippen LogP contribution is -2.05. The summed E-state index contributed by atoms with van der Waals surface area (Å²) in [5.41, 5.74) is 2.94. The first kappa shape index (κ1) is 11.1. The molecule has 0 aliphatic heterocycles. The van der Waals surface area contributed by atoms with Gasteiger partial charge in [0.2, 0.25) is 0 Å². The molecular formula is C12H14ClN3. The van der Waals surface area contributed by atoms with E-state index in [9.17, 15) is 0 Å². The quantitative estimate of drug-likeness (QED) is 0.799. The SMILES string of the molecule is Cc1nnn(-c2ccccc2Cl)c1C(C)C. The van der Waals surface area contributed by atoms with Gasteiger partial charge in [-0.15, -0.1) is 5.10 Å². The zero-order valence-corrected chi connectivity index (χ0v) is 10.4. The van der Waals surface area contributed by atoms with E-state index in [1.165, 1.54) is 0 Å². The normalized spacial score (nSPS) is 11.1. The Balaban J connectivity index is 2.61. The third-order valence-electron chi connectivity index (χ3n) is 2.51. The highest BCUT2D eigenvalue weighted by molar-refractivity contribution is 6.32. The van der Waals surface area contributed by atoms with Crippen molar-refractivity contribution < 1.29 is 0 Å². The summed E-state index contributed by atoms with van der Waals surface area (Å²) in [5, 5.41) is 8.95. The van der Waals surface area contributed by atoms with E-state index in [1.54, 1.807) is 0 Å². The molecule has 2 aromatic rings. The van der Waals surface area contributed by atoms with Gasteiger partial charge < -0.3 is 0 Å².